The lowest BCUT2D eigenvalue weighted by Gasteiger charge is -2.16. The molecule has 2 saturated carbocycles. The minimum atomic E-state index is -4.52. The number of carbonyl (C=O) groups excluding carboxylic acids is 1. The number of halogens is 4. The van der Waals surface area contributed by atoms with E-state index in [9.17, 15) is 18.0 Å². The molecule has 1 aromatic rings. The molecule has 8 heteroatoms. The first kappa shape index (κ1) is 17.8. The van der Waals surface area contributed by atoms with Crippen molar-refractivity contribution in [1.29, 1.82) is 0 Å². The highest BCUT2D eigenvalue weighted by atomic mass is 79.9. The third kappa shape index (κ3) is 4.13. The smallest absolute Gasteiger partial charge is 0.352 e. The molecule has 3 rings (SSSR count). The van der Waals surface area contributed by atoms with E-state index in [0.717, 1.165) is 38.5 Å². The van der Waals surface area contributed by atoms with Crippen LogP contribution in [-0.4, -0.2) is 21.7 Å². The fraction of sp³-hybridized carbons (Fsp3) is 0.750. The Morgan fingerprint density at radius 3 is 2.33 bits per heavy atom. The molecule has 2 aliphatic carbocycles. The molecule has 2 fully saturated rings. The van der Waals surface area contributed by atoms with Gasteiger partial charge in [-0.3, -0.25) is 9.48 Å². The van der Waals surface area contributed by atoms with E-state index in [1.165, 1.54) is 17.5 Å². The van der Waals surface area contributed by atoms with Crippen molar-refractivity contribution < 1.29 is 18.0 Å². The number of carbonyl (C=O) groups is 1. The Kier molecular flexibility index (Phi) is 5.22. The summed E-state index contributed by atoms with van der Waals surface area (Å²) < 4.78 is 40.4. The molecule has 1 amide bonds. The molecule has 0 radical (unpaired) electrons. The first-order valence-electron chi connectivity index (χ1n) is 8.49. The van der Waals surface area contributed by atoms with Gasteiger partial charge < -0.3 is 5.32 Å². The van der Waals surface area contributed by atoms with Crippen LogP contribution in [-0.2, 0) is 17.5 Å². The van der Waals surface area contributed by atoms with Crippen LogP contribution in [0.5, 0.6) is 0 Å². The summed E-state index contributed by atoms with van der Waals surface area (Å²) >= 11 is 3.04. The molecule has 0 spiro atoms. The van der Waals surface area contributed by atoms with Crippen molar-refractivity contribution in [3.05, 3.63) is 15.9 Å². The fourth-order valence-electron chi connectivity index (χ4n) is 3.33. The molecule has 0 bridgehead atoms. The maximum atomic E-state index is 13.1. The summed E-state index contributed by atoms with van der Waals surface area (Å²) in [6, 6.07) is 0.130. The summed E-state index contributed by atoms with van der Waals surface area (Å²) in [6.45, 7) is -0.156. The van der Waals surface area contributed by atoms with E-state index in [1.54, 1.807) is 0 Å². The first-order valence-corrected chi connectivity index (χ1v) is 9.28. The maximum absolute atomic E-state index is 13.1. The van der Waals surface area contributed by atoms with E-state index in [2.05, 4.69) is 26.3 Å². The number of hydrogen-bond donors (Lipinski definition) is 1. The van der Waals surface area contributed by atoms with E-state index in [1.807, 2.05) is 0 Å². The summed E-state index contributed by atoms with van der Waals surface area (Å²) in [5, 5.41) is 6.64. The van der Waals surface area contributed by atoms with E-state index in [0.29, 0.717) is 5.69 Å². The van der Waals surface area contributed by atoms with Gasteiger partial charge in [-0.15, -0.1) is 0 Å². The number of rotatable bonds is 4. The summed E-state index contributed by atoms with van der Waals surface area (Å²) in [7, 11) is 0. The van der Waals surface area contributed by atoms with E-state index in [4.69, 9.17) is 0 Å². The van der Waals surface area contributed by atoms with Gasteiger partial charge in [-0.2, -0.15) is 18.3 Å². The minimum absolute atomic E-state index is 0.0141. The Hall–Kier alpha value is -1.05. The van der Waals surface area contributed by atoms with Crippen LogP contribution in [0.4, 0.5) is 13.2 Å². The third-order valence-corrected chi connectivity index (χ3v) is 5.46. The first-order chi connectivity index (χ1) is 11.4. The van der Waals surface area contributed by atoms with Gasteiger partial charge in [0.25, 0.3) is 0 Å². The standard InChI is InChI=1S/C16H21BrF3N3O/c17-13-14(10-7-8-10)23(22-15(13)16(18,19)20)9-12(24)21-11-5-3-1-2-4-6-11/h10-11H,1-9H2,(H,21,24). The van der Waals surface area contributed by atoms with Crippen molar-refractivity contribution in [2.75, 3.05) is 0 Å². The highest BCUT2D eigenvalue weighted by Crippen LogP contribution is 2.46. The molecular weight excluding hydrogens is 387 g/mol. The van der Waals surface area contributed by atoms with E-state index < -0.39 is 11.9 Å². The monoisotopic (exact) mass is 407 g/mol. The molecule has 1 heterocycles. The number of alkyl halides is 3. The molecule has 0 aromatic carbocycles. The largest absolute Gasteiger partial charge is 0.436 e. The topological polar surface area (TPSA) is 46.9 Å². The average Bonchev–Trinajstić information content (AvgIpc) is 3.28. The molecule has 2 aliphatic rings. The van der Waals surface area contributed by atoms with Gasteiger partial charge in [0.1, 0.15) is 6.54 Å². The average molecular weight is 408 g/mol. The Labute approximate surface area is 147 Å². The normalized spacial score (nSPS) is 20.0. The van der Waals surface area contributed by atoms with Gasteiger partial charge in [0.2, 0.25) is 5.91 Å². The van der Waals surface area contributed by atoms with Gasteiger partial charge in [-0.25, -0.2) is 0 Å². The van der Waals surface area contributed by atoms with Crippen molar-refractivity contribution in [2.45, 2.75) is 76.0 Å². The van der Waals surface area contributed by atoms with Gasteiger partial charge in [-0.05, 0) is 41.6 Å². The highest BCUT2D eigenvalue weighted by molar-refractivity contribution is 9.10. The molecule has 0 unspecified atom stereocenters. The van der Waals surface area contributed by atoms with E-state index >= 15 is 0 Å². The molecule has 0 atom stereocenters. The van der Waals surface area contributed by atoms with Crippen LogP contribution < -0.4 is 5.32 Å². The Morgan fingerprint density at radius 1 is 1.17 bits per heavy atom. The molecule has 24 heavy (non-hydrogen) atoms. The summed E-state index contributed by atoms with van der Waals surface area (Å²) in [5.74, 6) is -0.193. The zero-order chi connectivity index (χ0) is 17.3. The fourth-order valence-corrected chi connectivity index (χ4v) is 4.17. The van der Waals surface area contributed by atoms with Crippen LogP contribution in [0.3, 0.4) is 0 Å². The molecule has 134 valence electrons. The van der Waals surface area contributed by atoms with Crippen LogP contribution in [0, 0.1) is 0 Å². The van der Waals surface area contributed by atoms with Crippen LogP contribution in [0.25, 0.3) is 0 Å². The SMILES string of the molecule is O=C(Cn1nc(C(F)(F)F)c(Br)c1C1CC1)NC1CCCCCC1. The van der Waals surface area contributed by atoms with Crippen molar-refractivity contribution in [3.8, 4) is 0 Å². The van der Waals surface area contributed by atoms with Gasteiger partial charge in [-0.1, -0.05) is 25.7 Å². The van der Waals surface area contributed by atoms with Gasteiger partial charge in [0, 0.05) is 12.0 Å². The third-order valence-electron chi connectivity index (χ3n) is 4.68. The lowest BCUT2D eigenvalue weighted by atomic mass is 10.1. The van der Waals surface area contributed by atoms with Gasteiger partial charge >= 0.3 is 6.18 Å². The lowest BCUT2D eigenvalue weighted by molar-refractivity contribution is -0.142. The number of hydrogen-bond acceptors (Lipinski definition) is 2. The predicted octanol–water partition coefficient (Wildman–Crippen LogP) is 4.38. The quantitative estimate of drug-likeness (QED) is 0.752. The van der Waals surface area contributed by atoms with Crippen LogP contribution >= 0.6 is 15.9 Å². The Bertz CT molecular complexity index is 602. The second-order valence-electron chi connectivity index (χ2n) is 6.73. The minimum Gasteiger partial charge on any atom is -0.352 e. The molecule has 0 saturated heterocycles. The molecule has 0 aliphatic heterocycles. The van der Waals surface area contributed by atoms with Gasteiger partial charge in [0.15, 0.2) is 5.69 Å². The molecule has 1 N–H and O–H groups in total. The Morgan fingerprint density at radius 2 is 1.79 bits per heavy atom. The number of nitrogens with zero attached hydrogens (tertiary/aromatic N) is 2. The zero-order valence-electron chi connectivity index (χ0n) is 13.3. The Balaban J connectivity index is 1.73. The zero-order valence-corrected chi connectivity index (χ0v) is 14.9. The van der Waals surface area contributed by atoms with Crippen molar-refractivity contribution in [3.63, 3.8) is 0 Å². The van der Waals surface area contributed by atoms with Crippen LogP contribution in [0.15, 0.2) is 4.47 Å². The highest BCUT2D eigenvalue weighted by Gasteiger charge is 2.42. The number of aromatic nitrogens is 2. The van der Waals surface area contributed by atoms with Gasteiger partial charge in [0.05, 0.1) is 10.2 Å². The van der Waals surface area contributed by atoms with Crippen LogP contribution in [0.1, 0.15) is 68.7 Å². The number of amides is 1. The second-order valence-corrected chi connectivity index (χ2v) is 7.53. The molecule has 4 nitrogen and oxygen atoms in total. The molecular formula is C16H21BrF3N3O. The molecule has 1 aromatic heterocycles. The van der Waals surface area contributed by atoms with Crippen LogP contribution in [0.2, 0.25) is 0 Å². The number of nitrogens with one attached hydrogen (secondary N) is 1. The van der Waals surface area contributed by atoms with Crippen molar-refractivity contribution >= 4 is 21.8 Å². The second kappa shape index (κ2) is 7.06. The van der Waals surface area contributed by atoms with Crippen molar-refractivity contribution in [2.24, 2.45) is 0 Å². The summed E-state index contributed by atoms with van der Waals surface area (Å²) in [5.41, 5.74) is -0.440. The summed E-state index contributed by atoms with van der Waals surface area (Å²) in [6.07, 6.45) is 3.57. The van der Waals surface area contributed by atoms with Crippen molar-refractivity contribution in [1.82, 2.24) is 15.1 Å². The maximum Gasteiger partial charge on any atom is 0.436 e. The summed E-state index contributed by atoms with van der Waals surface area (Å²) in [4.78, 5) is 12.3. The lowest BCUT2D eigenvalue weighted by Crippen LogP contribution is -2.37. The predicted molar refractivity (Wildman–Crippen MR) is 86.5 cm³/mol. The van der Waals surface area contributed by atoms with E-state index in [-0.39, 0.29) is 28.9 Å².